The minimum atomic E-state index is -0.582. The fourth-order valence-electron chi connectivity index (χ4n) is 0.562. The van der Waals surface area contributed by atoms with Gasteiger partial charge in [-0.3, -0.25) is 10.1 Å². The van der Waals surface area contributed by atoms with Gasteiger partial charge in [0.1, 0.15) is 0 Å². The van der Waals surface area contributed by atoms with Crippen LogP contribution in [0.25, 0.3) is 0 Å². The number of nitro benzene ring substituents is 1. The van der Waals surface area contributed by atoms with Gasteiger partial charge in [-0.05, 0) is 12.5 Å². The zero-order chi connectivity index (χ0) is 8.43. The summed E-state index contributed by atoms with van der Waals surface area (Å²) in [6.45, 7) is 3.54. The SMILES string of the molecule is [3H]c1cc([CH2])ccc1[N+](=O)[O-]. The Bertz CT molecular complexity index is 298. The third-order valence-corrected chi connectivity index (χ3v) is 1.06. The van der Waals surface area contributed by atoms with Crippen molar-refractivity contribution >= 4 is 5.69 Å². The molecule has 0 N–H and O–H groups in total. The zero-order valence-corrected chi connectivity index (χ0v) is 5.20. The molecule has 0 aliphatic heterocycles. The minimum absolute atomic E-state index is 0.0949. The summed E-state index contributed by atoms with van der Waals surface area (Å²) in [6, 6.07) is 4.06. The average Bonchev–Trinajstić information content (AvgIpc) is 1.85. The highest BCUT2D eigenvalue weighted by Crippen LogP contribution is 2.10. The highest BCUT2D eigenvalue weighted by Gasteiger charge is 2.00. The van der Waals surface area contributed by atoms with Crippen LogP contribution >= 0.6 is 0 Å². The Morgan fingerprint density at radius 3 is 2.80 bits per heavy atom. The molecule has 1 rings (SSSR count). The van der Waals surface area contributed by atoms with E-state index in [0.29, 0.717) is 5.56 Å². The summed E-state index contributed by atoms with van der Waals surface area (Å²) in [4.78, 5) is 9.62. The molecule has 1 aromatic carbocycles. The molecule has 3 heteroatoms. The molecule has 0 bridgehead atoms. The maximum atomic E-state index is 10.2. The van der Waals surface area contributed by atoms with Crippen LogP contribution in [0.2, 0.25) is 0 Å². The first-order valence-corrected chi connectivity index (χ1v) is 2.68. The summed E-state index contributed by atoms with van der Waals surface area (Å²) < 4.78 is 7.16. The Balaban J connectivity index is 3.20. The molecule has 0 unspecified atom stereocenters. The third-order valence-electron chi connectivity index (χ3n) is 1.06. The smallest absolute Gasteiger partial charge is 0.258 e. The van der Waals surface area contributed by atoms with E-state index in [-0.39, 0.29) is 11.7 Å². The Morgan fingerprint density at radius 1 is 1.60 bits per heavy atom. The maximum absolute atomic E-state index is 10.2. The van der Waals surface area contributed by atoms with E-state index in [4.69, 9.17) is 1.37 Å². The van der Waals surface area contributed by atoms with Crippen molar-refractivity contribution in [2.45, 2.75) is 0 Å². The molecule has 0 saturated carbocycles. The van der Waals surface area contributed by atoms with E-state index in [9.17, 15) is 10.1 Å². The van der Waals surface area contributed by atoms with Crippen molar-refractivity contribution in [3.63, 3.8) is 0 Å². The van der Waals surface area contributed by atoms with Gasteiger partial charge in [0.05, 0.1) is 6.29 Å². The van der Waals surface area contributed by atoms with Crippen molar-refractivity contribution in [1.29, 1.82) is 0 Å². The van der Waals surface area contributed by atoms with Crippen LogP contribution in [0.15, 0.2) is 24.2 Å². The summed E-state index contributed by atoms with van der Waals surface area (Å²) in [6.07, 6.45) is 0. The first kappa shape index (κ1) is 5.41. The molecule has 0 fully saturated rings. The van der Waals surface area contributed by atoms with E-state index in [2.05, 4.69) is 6.92 Å². The van der Waals surface area contributed by atoms with Gasteiger partial charge in [-0.25, -0.2) is 0 Å². The second-order valence-corrected chi connectivity index (χ2v) is 1.84. The first-order chi connectivity index (χ1) is 5.11. The molecule has 1 radical (unpaired) electrons. The second kappa shape index (κ2) is 2.47. The lowest BCUT2D eigenvalue weighted by atomic mass is 10.2. The van der Waals surface area contributed by atoms with Gasteiger partial charge in [0.15, 0.2) is 0 Å². The van der Waals surface area contributed by atoms with E-state index >= 15 is 0 Å². The highest BCUT2D eigenvalue weighted by molar-refractivity contribution is 5.33. The quantitative estimate of drug-likeness (QED) is 0.438. The predicted molar refractivity (Wildman–Crippen MR) is 37.6 cm³/mol. The predicted octanol–water partition coefficient (Wildman–Crippen LogP) is 1.78. The number of benzene rings is 1. The van der Waals surface area contributed by atoms with Gasteiger partial charge in [0, 0.05) is 12.1 Å². The summed E-state index contributed by atoms with van der Waals surface area (Å²) in [5.74, 6) is 0. The molecule has 1 aromatic rings. The normalized spacial score (nSPS) is 10.7. The monoisotopic (exact) mass is 138 g/mol. The van der Waals surface area contributed by atoms with Gasteiger partial charge < -0.3 is 0 Å². The van der Waals surface area contributed by atoms with E-state index in [1.807, 2.05) is 0 Å². The topological polar surface area (TPSA) is 43.1 Å². The first-order valence-electron chi connectivity index (χ1n) is 3.18. The fourth-order valence-corrected chi connectivity index (χ4v) is 0.562. The van der Waals surface area contributed by atoms with Gasteiger partial charge in [0.2, 0.25) is 0 Å². The molecule has 0 atom stereocenters. The lowest BCUT2D eigenvalue weighted by Crippen LogP contribution is -1.86. The van der Waals surface area contributed by atoms with Crippen LogP contribution in [0.1, 0.15) is 6.93 Å². The largest absolute Gasteiger partial charge is 0.269 e. The van der Waals surface area contributed by atoms with E-state index in [0.717, 1.165) is 0 Å². The van der Waals surface area contributed by atoms with Crippen molar-refractivity contribution in [1.82, 2.24) is 0 Å². The summed E-state index contributed by atoms with van der Waals surface area (Å²) in [7, 11) is 0. The van der Waals surface area contributed by atoms with Crippen molar-refractivity contribution in [3.8, 4) is 0 Å². The molecule has 0 amide bonds. The molecular weight excluding hydrogens is 130 g/mol. The standard InChI is InChI=1S/C7H6NO2/c1-6-2-4-7(5-3-6)8(9)10/h2-5H,1H2/i4T. The van der Waals surface area contributed by atoms with Crippen LogP contribution in [0, 0.1) is 17.0 Å². The molecule has 0 aliphatic rings. The van der Waals surface area contributed by atoms with Gasteiger partial charge in [-0.1, -0.05) is 12.1 Å². The number of rotatable bonds is 1. The van der Waals surface area contributed by atoms with E-state index in [1.54, 1.807) is 0 Å². The van der Waals surface area contributed by atoms with Crippen LogP contribution in [0.5, 0.6) is 0 Å². The van der Waals surface area contributed by atoms with Crippen molar-refractivity contribution in [2.75, 3.05) is 0 Å². The second-order valence-electron chi connectivity index (χ2n) is 1.84. The maximum Gasteiger partial charge on any atom is 0.269 e. The van der Waals surface area contributed by atoms with Crippen LogP contribution < -0.4 is 0 Å². The third kappa shape index (κ3) is 1.31. The molecule has 3 nitrogen and oxygen atoms in total. The molecular formula is C7H6NO2. The van der Waals surface area contributed by atoms with Gasteiger partial charge in [-0.2, -0.15) is 0 Å². The van der Waals surface area contributed by atoms with Gasteiger partial charge >= 0.3 is 0 Å². The molecule has 10 heavy (non-hydrogen) atoms. The number of nitrogens with zero attached hydrogens (tertiary/aromatic N) is 1. The summed E-state index contributed by atoms with van der Waals surface area (Å²) in [5.41, 5.74) is 0.429. The Kier molecular flexibility index (Phi) is 1.34. The zero-order valence-electron chi connectivity index (χ0n) is 6.20. The Labute approximate surface area is 59.9 Å². The Hall–Kier alpha value is -1.38. The van der Waals surface area contributed by atoms with Crippen LogP contribution in [0.4, 0.5) is 5.69 Å². The minimum Gasteiger partial charge on any atom is -0.258 e. The van der Waals surface area contributed by atoms with Crippen LogP contribution in [0.3, 0.4) is 0 Å². The lowest BCUT2D eigenvalue weighted by Gasteiger charge is -1.89. The summed E-state index contributed by atoms with van der Waals surface area (Å²) >= 11 is 0. The molecule has 51 valence electrons. The lowest BCUT2D eigenvalue weighted by molar-refractivity contribution is -0.384. The summed E-state index contributed by atoms with van der Waals surface area (Å²) in [5, 5.41) is 10.2. The van der Waals surface area contributed by atoms with Crippen LogP contribution in [-0.2, 0) is 0 Å². The Morgan fingerprint density at radius 2 is 2.30 bits per heavy atom. The number of hydrogen-bond acceptors (Lipinski definition) is 2. The number of nitro groups is 1. The highest BCUT2D eigenvalue weighted by atomic mass is 16.6. The van der Waals surface area contributed by atoms with Crippen LogP contribution in [-0.4, -0.2) is 4.92 Å². The van der Waals surface area contributed by atoms with Gasteiger partial charge in [-0.15, -0.1) is 0 Å². The van der Waals surface area contributed by atoms with E-state index < -0.39 is 4.92 Å². The van der Waals surface area contributed by atoms with Crippen molar-refractivity contribution in [2.24, 2.45) is 0 Å². The molecule has 0 aromatic heterocycles. The fraction of sp³-hybridized carbons (Fsp3) is 0. The number of hydrogen-bond donors (Lipinski definition) is 0. The molecule has 0 aliphatic carbocycles. The van der Waals surface area contributed by atoms with Gasteiger partial charge in [0.25, 0.3) is 5.69 Å². The van der Waals surface area contributed by atoms with Crippen molar-refractivity contribution in [3.05, 3.63) is 46.8 Å². The average molecular weight is 138 g/mol. The molecule has 0 saturated heterocycles. The molecule has 0 spiro atoms. The van der Waals surface area contributed by atoms with E-state index in [1.165, 1.54) is 18.2 Å². The van der Waals surface area contributed by atoms with Crippen molar-refractivity contribution < 1.29 is 6.29 Å². The molecule has 0 heterocycles.